The van der Waals surface area contributed by atoms with E-state index in [1.807, 2.05) is 81.4 Å². The number of alkyl carbamates (subject to hydrolysis) is 2. The Morgan fingerprint density at radius 3 is 1.49 bits per heavy atom. The van der Waals surface area contributed by atoms with Crippen molar-refractivity contribution in [3.8, 4) is 11.5 Å². The average Bonchev–Trinajstić information content (AvgIpc) is 2.97. The molecule has 1 saturated heterocycles. The maximum atomic E-state index is 11.8. The molecule has 1 aromatic carbocycles. The smallest absolute Gasteiger partial charge is 0.493 e. The lowest BCUT2D eigenvalue weighted by Crippen LogP contribution is -2.41. The summed E-state index contributed by atoms with van der Waals surface area (Å²) in [4.78, 5) is 23.7. The van der Waals surface area contributed by atoms with E-state index in [0.29, 0.717) is 50.6 Å². The molecule has 220 valence electrons. The topological polar surface area (TPSA) is 114 Å². The van der Waals surface area contributed by atoms with Gasteiger partial charge >= 0.3 is 19.3 Å². The molecule has 11 heteroatoms. The SMILES string of the molecule is CC(C)(C)OC(=O)NCCCOc1cc(OCCCNC(=O)OC(C)(C)C)cc(B2OC(C)(C)C(C)(C)O2)c1. The molecule has 0 atom stereocenters. The van der Waals surface area contributed by atoms with Crippen molar-refractivity contribution >= 4 is 24.8 Å². The zero-order valence-corrected chi connectivity index (χ0v) is 25.3. The molecule has 0 spiro atoms. The molecule has 1 heterocycles. The van der Waals surface area contributed by atoms with Crippen LogP contribution in [0.25, 0.3) is 0 Å². The molecule has 39 heavy (non-hydrogen) atoms. The van der Waals surface area contributed by atoms with Crippen molar-refractivity contribution in [2.24, 2.45) is 0 Å². The quantitative estimate of drug-likeness (QED) is 0.304. The molecule has 0 aliphatic carbocycles. The first kappa shape index (κ1) is 32.6. The number of hydrogen-bond donors (Lipinski definition) is 2. The summed E-state index contributed by atoms with van der Waals surface area (Å²) in [5.74, 6) is 1.20. The van der Waals surface area contributed by atoms with Crippen molar-refractivity contribution in [3.63, 3.8) is 0 Å². The van der Waals surface area contributed by atoms with Gasteiger partial charge in [-0.25, -0.2) is 9.59 Å². The molecule has 1 aliphatic heterocycles. The summed E-state index contributed by atoms with van der Waals surface area (Å²) >= 11 is 0. The second kappa shape index (κ2) is 13.1. The van der Waals surface area contributed by atoms with E-state index in [1.54, 1.807) is 6.07 Å². The lowest BCUT2D eigenvalue weighted by Gasteiger charge is -2.32. The highest BCUT2D eigenvalue weighted by Gasteiger charge is 2.51. The average molecular weight is 551 g/mol. The first-order chi connectivity index (χ1) is 17.9. The highest BCUT2D eigenvalue weighted by Crippen LogP contribution is 2.37. The van der Waals surface area contributed by atoms with Gasteiger partial charge in [0.1, 0.15) is 22.7 Å². The van der Waals surface area contributed by atoms with Crippen LogP contribution < -0.4 is 25.6 Å². The molecule has 0 saturated carbocycles. The van der Waals surface area contributed by atoms with Crippen LogP contribution in [0.4, 0.5) is 9.59 Å². The monoisotopic (exact) mass is 550 g/mol. The molecule has 0 aromatic heterocycles. The summed E-state index contributed by atoms with van der Waals surface area (Å²) in [6.07, 6.45) is 0.267. The van der Waals surface area contributed by atoms with Crippen molar-refractivity contribution in [1.29, 1.82) is 0 Å². The maximum Gasteiger partial charge on any atom is 0.495 e. The fraction of sp³-hybridized carbons (Fsp3) is 0.714. The third kappa shape index (κ3) is 11.5. The molecule has 2 rings (SSSR count). The molecule has 1 aromatic rings. The van der Waals surface area contributed by atoms with Crippen LogP contribution in [0.3, 0.4) is 0 Å². The molecular weight excluding hydrogens is 503 g/mol. The largest absolute Gasteiger partial charge is 0.495 e. The molecule has 2 amide bonds. The fourth-order valence-electron chi connectivity index (χ4n) is 3.41. The van der Waals surface area contributed by atoms with E-state index in [9.17, 15) is 9.59 Å². The summed E-state index contributed by atoms with van der Waals surface area (Å²) in [6, 6.07) is 5.55. The fourth-order valence-corrected chi connectivity index (χ4v) is 3.41. The van der Waals surface area contributed by atoms with Crippen LogP contribution in [0, 0.1) is 0 Å². The number of rotatable bonds is 11. The van der Waals surface area contributed by atoms with Crippen LogP contribution in [0.2, 0.25) is 0 Å². The lowest BCUT2D eigenvalue weighted by atomic mass is 9.79. The summed E-state index contributed by atoms with van der Waals surface area (Å²) < 4.78 is 34.9. The number of amides is 2. The van der Waals surface area contributed by atoms with Gasteiger partial charge in [0.15, 0.2) is 0 Å². The van der Waals surface area contributed by atoms with Crippen LogP contribution >= 0.6 is 0 Å². The lowest BCUT2D eigenvalue weighted by molar-refractivity contribution is 0.00578. The first-order valence-corrected chi connectivity index (χ1v) is 13.6. The number of hydrogen-bond acceptors (Lipinski definition) is 8. The van der Waals surface area contributed by atoms with Gasteiger partial charge in [-0.05, 0) is 99.7 Å². The van der Waals surface area contributed by atoms with Crippen LogP contribution in [-0.4, -0.2) is 68.0 Å². The van der Waals surface area contributed by atoms with Crippen LogP contribution in [0.15, 0.2) is 18.2 Å². The summed E-state index contributed by atoms with van der Waals surface area (Å²) in [6.45, 7) is 20.5. The van der Waals surface area contributed by atoms with E-state index >= 15 is 0 Å². The molecule has 1 fully saturated rings. The Bertz CT molecular complexity index is 897. The normalized spacial score (nSPS) is 16.4. The van der Waals surface area contributed by atoms with Crippen molar-refractivity contribution in [3.05, 3.63) is 18.2 Å². The van der Waals surface area contributed by atoms with Crippen LogP contribution in [0.5, 0.6) is 11.5 Å². The maximum absolute atomic E-state index is 11.8. The van der Waals surface area contributed by atoms with Crippen molar-refractivity contribution in [2.75, 3.05) is 26.3 Å². The number of carbonyl (C=O) groups excluding carboxylic acids is 2. The highest BCUT2D eigenvalue weighted by atomic mass is 16.7. The molecule has 10 nitrogen and oxygen atoms in total. The van der Waals surface area contributed by atoms with Gasteiger partial charge in [-0.1, -0.05) is 0 Å². The van der Waals surface area contributed by atoms with Gasteiger partial charge in [-0.2, -0.15) is 0 Å². The number of ether oxygens (including phenoxy) is 4. The predicted octanol–water partition coefficient (Wildman–Crippen LogP) is 4.57. The van der Waals surface area contributed by atoms with Gasteiger partial charge < -0.3 is 38.9 Å². The minimum Gasteiger partial charge on any atom is -0.493 e. The Morgan fingerprint density at radius 1 is 0.744 bits per heavy atom. The Balaban J connectivity index is 1.97. The van der Waals surface area contributed by atoms with Crippen molar-refractivity contribution in [2.45, 2.75) is 104 Å². The van der Waals surface area contributed by atoms with Gasteiger partial charge in [-0.15, -0.1) is 0 Å². The minimum atomic E-state index is -0.580. The zero-order valence-electron chi connectivity index (χ0n) is 25.3. The van der Waals surface area contributed by atoms with E-state index in [2.05, 4.69) is 10.6 Å². The summed E-state index contributed by atoms with van der Waals surface area (Å²) in [7, 11) is -0.580. The minimum absolute atomic E-state index is 0.377. The molecule has 0 bridgehead atoms. The standard InChI is InChI=1S/C28H47BN2O8/c1-25(2,3)36-23(32)30-13-11-15-34-21-17-20(29-38-27(7,8)28(9,10)39-29)18-22(19-21)35-16-12-14-31-24(33)37-26(4,5)6/h17-19H,11-16H2,1-10H3,(H,30,32)(H,31,33). The van der Waals surface area contributed by atoms with Gasteiger partial charge in [0.05, 0.1) is 24.4 Å². The van der Waals surface area contributed by atoms with Crippen molar-refractivity contribution in [1.82, 2.24) is 10.6 Å². The summed E-state index contributed by atoms with van der Waals surface area (Å²) in [5.41, 5.74) is -1.29. The molecule has 0 radical (unpaired) electrons. The van der Waals surface area contributed by atoms with E-state index in [0.717, 1.165) is 5.46 Å². The second-order valence-corrected chi connectivity index (χ2v) is 12.6. The van der Waals surface area contributed by atoms with E-state index in [-0.39, 0.29) is 0 Å². The van der Waals surface area contributed by atoms with Crippen molar-refractivity contribution < 1.29 is 37.8 Å². The Hall–Kier alpha value is -2.66. The Morgan fingerprint density at radius 2 is 1.13 bits per heavy atom. The first-order valence-electron chi connectivity index (χ1n) is 13.6. The van der Waals surface area contributed by atoms with Crippen LogP contribution in [-0.2, 0) is 18.8 Å². The number of benzene rings is 1. The molecular formula is C28H47BN2O8. The van der Waals surface area contributed by atoms with E-state index in [4.69, 9.17) is 28.3 Å². The number of nitrogens with one attached hydrogen (secondary N) is 2. The van der Waals surface area contributed by atoms with E-state index in [1.165, 1.54) is 0 Å². The van der Waals surface area contributed by atoms with E-state index < -0.39 is 41.7 Å². The van der Waals surface area contributed by atoms with Gasteiger partial charge in [0, 0.05) is 19.2 Å². The summed E-state index contributed by atoms with van der Waals surface area (Å²) in [5, 5.41) is 5.45. The van der Waals surface area contributed by atoms with Gasteiger partial charge in [-0.3, -0.25) is 0 Å². The van der Waals surface area contributed by atoms with Gasteiger partial charge in [0.25, 0.3) is 0 Å². The Labute approximate surface area is 233 Å². The predicted molar refractivity (Wildman–Crippen MR) is 151 cm³/mol. The molecule has 2 N–H and O–H groups in total. The van der Waals surface area contributed by atoms with Crippen LogP contribution in [0.1, 0.15) is 82.1 Å². The number of carbonyl (C=O) groups is 2. The highest BCUT2D eigenvalue weighted by molar-refractivity contribution is 6.62. The van der Waals surface area contributed by atoms with Gasteiger partial charge in [0.2, 0.25) is 0 Å². The third-order valence-corrected chi connectivity index (χ3v) is 5.94. The third-order valence-electron chi connectivity index (χ3n) is 5.94. The molecule has 1 aliphatic rings. The zero-order chi connectivity index (χ0) is 29.5. The second-order valence-electron chi connectivity index (χ2n) is 12.6. The molecule has 0 unspecified atom stereocenters. The Kier molecular flexibility index (Phi) is 11.0.